The van der Waals surface area contributed by atoms with Gasteiger partial charge in [0.05, 0.1) is 5.52 Å². The number of nitrogens with one attached hydrogen (secondary N) is 1. The SMILES string of the molecule is C#CCOc1ccc(-c2nc3ncccc3[nH]2)cc1OCC=C. The third-order valence-electron chi connectivity index (χ3n) is 3.14. The number of benzene rings is 1. The Kier molecular flexibility index (Phi) is 4.25. The standard InChI is InChI=1S/C18H15N3O2/c1-3-10-22-15-8-7-13(12-16(15)23-11-4-2)17-20-14-6-5-9-19-18(14)21-17/h1,4-9,12H,2,10-11H2,(H,19,20,21). The largest absolute Gasteiger partial charge is 0.486 e. The molecule has 5 heteroatoms. The van der Waals surface area contributed by atoms with Crippen LogP contribution in [0, 0.1) is 12.3 Å². The van der Waals surface area contributed by atoms with Crippen molar-refractivity contribution in [3.8, 4) is 35.2 Å². The van der Waals surface area contributed by atoms with Crippen LogP contribution in [0.5, 0.6) is 11.5 Å². The lowest BCUT2D eigenvalue weighted by Crippen LogP contribution is -2.00. The highest BCUT2D eigenvalue weighted by atomic mass is 16.5. The molecule has 0 bridgehead atoms. The second-order valence-electron chi connectivity index (χ2n) is 4.71. The second kappa shape index (κ2) is 6.67. The number of hydrogen-bond donors (Lipinski definition) is 1. The fourth-order valence-corrected chi connectivity index (χ4v) is 2.14. The predicted molar refractivity (Wildman–Crippen MR) is 89.3 cm³/mol. The zero-order valence-electron chi connectivity index (χ0n) is 12.5. The van der Waals surface area contributed by atoms with Gasteiger partial charge in [-0.1, -0.05) is 18.6 Å². The van der Waals surface area contributed by atoms with Gasteiger partial charge < -0.3 is 14.5 Å². The normalized spacial score (nSPS) is 10.2. The summed E-state index contributed by atoms with van der Waals surface area (Å²) < 4.78 is 11.1. The molecule has 0 spiro atoms. The number of fused-ring (bicyclic) bond motifs is 1. The van der Waals surface area contributed by atoms with Gasteiger partial charge >= 0.3 is 0 Å². The summed E-state index contributed by atoms with van der Waals surface area (Å²) in [6.07, 6.45) is 8.62. The van der Waals surface area contributed by atoms with Gasteiger partial charge in [-0.25, -0.2) is 9.97 Å². The number of ether oxygens (including phenoxy) is 2. The van der Waals surface area contributed by atoms with Crippen LogP contribution >= 0.6 is 0 Å². The van der Waals surface area contributed by atoms with Crippen LogP contribution in [0.4, 0.5) is 0 Å². The summed E-state index contributed by atoms with van der Waals surface area (Å²) in [6, 6.07) is 9.35. The minimum atomic E-state index is 0.179. The molecular weight excluding hydrogens is 290 g/mol. The van der Waals surface area contributed by atoms with Crippen molar-refractivity contribution in [2.45, 2.75) is 0 Å². The second-order valence-corrected chi connectivity index (χ2v) is 4.71. The molecule has 0 amide bonds. The fourth-order valence-electron chi connectivity index (χ4n) is 2.14. The summed E-state index contributed by atoms with van der Waals surface area (Å²) in [7, 11) is 0. The number of H-pyrrole nitrogens is 1. The Bertz CT molecular complexity index is 844. The van der Waals surface area contributed by atoms with Gasteiger partial charge in [0.15, 0.2) is 17.1 Å². The maximum absolute atomic E-state index is 5.65. The number of aromatic amines is 1. The first-order valence-corrected chi connectivity index (χ1v) is 7.07. The molecule has 114 valence electrons. The van der Waals surface area contributed by atoms with Crippen LogP contribution in [0.25, 0.3) is 22.6 Å². The average molecular weight is 305 g/mol. The minimum Gasteiger partial charge on any atom is -0.486 e. The number of rotatable bonds is 6. The maximum atomic E-state index is 5.65. The molecular formula is C18H15N3O2. The van der Waals surface area contributed by atoms with E-state index in [9.17, 15) is 0 Å². The minimum absolute atomic E-state index is 0.179. The van der Waals surface area contributed by atoms with Gasteiger partial charge in [-0.05, 0) is 30.3 Å². The molecule has 5 nitrogen and oxygen atoms in total. The zero-order valence-corrected chi connectivity index (χ0v) is 12.5. The molecule has 0 aliphatic heterocycles. The van der Waals surface area contributed by atoms with Crippen molar-refractivity contribution in [2.24, 2.45) is 0 Å². The van der Waals surface area contributed by atoms with Crippen LogP contribution in [-0.2, 0) is 0 Å². The number of hydrogen-bond acceptors (Lipinski definition) is 4. The molecule has 3 rings (SSSR count). The van der Waals surface area contributed by atoms with Gasteiger partial charge in [0.2, 0.25) is 0 Å². The van der Waals surface area contributed by atoms with Gasteiger partial charge in [0.25, 0.3) is 0 Å². The van der Waals surface area contributed by atoms with Crippen molar-refractivity contribution in [1.82, 2.24) is 15.0 Å². The van der Waals surface area contributed by atoms with Crippen molar-refractivity contribution in [3.05, 3.63) is 49.2 Å². The predicted octanol–water partition coefficient (Wildman–Crippen LogP) is 3.20. The Morgan fingerprint density at radius 1 is 1.26 bits per heavy atom. The Labute approximate surface area is 134 Å². The molecule has 0 radical (unpaired) electrons. The summed E-state index contributed by atoms with van der Waals surface area (Å²) in [6.45, 7) is 4.20. The van der Waals surface area contributed by atoms with Gasteiger partial charge in [0, 0.05) is 11.8 Å². The number of imidazole rings is 1. The van der Waals surface area contributed by atoms with Crippen molar-refractivity contribution >= 4 is 11.2 Å². The van der Waals surface area contributed by atoms with Gasteiger partial charge in [0.1, 0.15) is 19.0 Å². The number of pyridine rings is 1. The smallest absolute Gasteiger partial charge is 0.178 e. The van der Waals surface area contributed by atoms with E-state index in [2.05, 4.69) is 27.5 Å². The van der Waals surface area contributed by atoms with E-state index in [0.717, 1.165) is 11.1 Å². The summed E-state index contributed by atoms with van der Waals surface area (Å²) in [4.78, 5) is 11.9. The molecule has 0 fully saturated rings. The topological polar surface area (TPSA) is 60.0 Å². The lowest BCUT2D eigenvalue weighted by Gasteiger charge is -2.11. The molecule has 0 atom stereocenters. The van der Waals surface area contributed by atoms with Crippen molar-refractivity contribution < 1.29 is 9.47 Å². The first-order valence-electron chi connectivity index (χ1n) is 7.07. The van der Waals surface area contributed by atoms with Gasteiger partial charge in [-0.15, -0.1) is 6.42 Å². The molecule has 23 heavy (non-hydrogen) atoms. The van der Waals surface area contributed by atoms with Gasteiger partial charge in [-0.3, -0.25) is 0 Å². The van der Waals surface area contributed by atoms with E-state index in [1.807, 2.05) is 30.3 Å². The summed E-state index contributed by atoms with van der Waals surface area (Å²) in [5, 5.41) is 0. The third kappa shape index (κ3) is 3.16. The molecule has 1 aromatic carbocycles. The van der Waals surface area contributed by atoms with Crippen LogP contribution in [0.2, 0.25) is 0 Å². The zero-order chi connectivity index (χ0) is 16.1. The Morgan fingerprint density at radius 3 is 2.96 bits per heavy atom. The first-order chi connectivity index (χ1) is 11.3. The Morgan fingerprint density at radius 2 is 2.17 bits per heavy atom. The monoisotopic (exact) mass is 305 g/mol. The van der Waals surface area contributed by atoms with E-state index in [1.165, 1.54) is 0 Å². The lowest BCUT2D eigenvalue weighted by atomic mass is 10.2. The number of nitrogens with zero attached hydrogens (tertiary/aromatic N) is 2. The molecule has 0 saturated heterocycles. The third-order valence-corrected chi connectivity index (χ3v) is 3.14. The summed E-state index contributed by atoms with van der Waals surface area (Å²) >= 11 is 0. The number of terminal acetylenes is 1. The molecule has 0 unspecified atom stereocenters. The van der Waals surface area contributed by atoms with E-state index in [0.29, 0.717) is 29.6 Å². The molecule has 2 heterocycles. The Hall–Kier alpha value is -3.26. The first kappa shape index (κ1) is 14.7. The lowest BCUT2D eigenvalue weighted by molar-refractivity contribution is 0.311. The molecule has 3 aromatic rings. The van der Waals surface area contributed by atoms with Gasteiger partial charge in [-0.2, -0.15) is 0 Å². The highest BCUT2D eigenvalue weighted by molar-refractivity contribution is 5.76. The van der Waals surface area contributed by atoms with Crippen molar-refractivity contribution in [1.29, 1.82) is 0 Å². The van der Waals surface area contributed by atoms with Crippen molar-refractivity contribution in [2.75, 3.05) is 13.2 Å². The molecule has 1 N–H and O–H groups in total. The molecule has 2 aromatic heterocycles. The average Bonchev–Trinajstić information content (AvgIpc) is 3.02. The molecule has 0 aliphatic rings. The number of aromatic nitrogens is 3. The highest BCUT2D eigenvalue weighted by Crippen LogP contribution is 2.32. The van der Waals surface area contributed by atoms with Crippen molar-refractivity contribution in [3.63, 3.8) is 0 Å². The molecule has 0 aliphatic carbocycles. The fraction of sp³-hybridized carbons (Fsp3) is 0.111. The molecule has 0 saturated carbocycles. The van der Waals surface area contributed by atoms with Crippen LogP contribution in [-0.4, -0.2) is 28.2 Å². The van der Waals surface area contributed by atoms with E-state index in [-0.39, 0.29) is 6.61 Å². The van der Waals surface area contributed by atoms with E-state index >= 15 is 0 Å². The van der Waals surface area contributed by atoms with E-state index in [4.69, 9.17) is 15.9 Å². The highest BCUT2D eigenvalue weighted by Gasteiger charge is 2.11. The van der Waals surface area contributed by atoms with E-state index < -0.39 is 0 Å². The summed E-state index contributed by atoms with van der Waals surface area (Å²) in [5.41, 5.74) is 2.42. The Balaban J connectivity index is 1.98. The quantitative estimate of drug-likeness (QED) is 0.561. The maximum Gasteiger partial charge on any atom is 0.178 e. The van der Waals surface area contributed by atoms with Crippen LogP contribution in [0.3, 0.4) is 0 Å². The van der Waals surface area contributed by atoms with E-state index in [1.54, 1.807) is 12.3 Å². The van der Waals surface area contributed by atoms with Crippen LogP contribution in [0.15, 0.2) is 49.2 Å². The van der Waals surface area contributed by atoms with Crippen LogP contribution in [0.1, 0.15) is 0 Å². The summed E-state index contributed by atoms with van der Waals surface area (Å²) in [5.74, 6) is 4.33. The van der Waals surface area contributed by atoms with Crippen LogP contribution < -0.4 is 9.47 Å².